The van der Waals surface area contributed by atoms with Crippen LogP contribution in [0.4, 0.5) is 36.4 Å². The molecule has 0 aromatic carbocycles. The van der Waals surface area contributed by atoms with E-state index in [9.17, 15) is 18.0 Å². The molecule has 33 heavy (non-hydrogen) atoms. The molecule has 0 saturated heterocycles. The second-order valence-corrected chi connectivity index (χ2v) is 8.97. The topological polar surface area (TPSA) is 108 Å². The molecular weight excluding hydrogens is 437 g/mol. The number of nitrogens with zero attached hydrogens (tertiary/aromatic N) is 5. The van der Waals surface area contributed by atoms with Crippen molar-refractivity contribution in [3.63, 3.8) is 0 Å². The third kappa shape index (κ3) is 4.79. The van der Waals surface area contributed by atoms with E-state index in [1.807, 2.05) is 32.7 Å². The van der Waals surface area contributed by atoms with Crippen molar-refractivity contribution in [3.05, 3.63) is 23.8 Å². The number of rotatable bonds is 6. The number of likely N-dealkylation sites (N-methyl/N-ethyl adjacent to an activating group) is 1. The molecule has 1 amide bonds. The van der Waals surface area contributed by atoms with Gasteiger partial charge in [0.25, 0.3) is 0 Å². The van der Waals surface area contributed by atoms with E-state index in [1.165, 1.54) is 0 Å². The van der Waals surface area contributed by atoms with Crippen LogP contribution in [-0.4, -0.2) is 51.5 Å². The number of alkyl halides is 3. The Balaban J connectivity index is 1.33. The Morgan fingerprint density at radius 2 is 1.97 bits per heavy atom. The molecule has 2 aromatic heterocycles. The average molecular weight is 464 g/mol. The standard InChI is InChI=1S/C21H27F3N8O/c1-10(2)17-19(33)30-16-11(3)28-20(31-18(16)32(17)4)25-8-12-5-13(6-12)29-15-7-14(21(22,23)24)26-9-27-15/h7,9-10,12-13,17H,5-6,8H2,1-4H3,(H,30,33)(H,25,28,31)(H,26,27,29)/t12-,13+,17-/m0/s1. The molecule has 0 radical (unpaired) electrons. The third-order valence-electron chi connectivity index (χ3n) is 6.06. The van der Waals surface area contributed by atoms with E-state index in [0.717, 1.165) is 25.2 Å². The van der Waals surface area contributed by atoms with Crippen molar-refractivity contribution in [2.24, 2.45) is 11.8 Å². The van der Waals surface area contributed by atoms with Gasteiger partial charge in [-0.2, -0.15) is 18.2 Å². The van der Waals surface area contributed by atoms with Gasteiger partial charge >= 0.3 is 6.18 Å². The van der Waals surface area contributed by atoms with Crippen LogP contribution in [0.5, 0.6) is 0 Å². The number of aromatic nitrogens is 4. The van der Waals surface area contributed by atoms with Gasteiger partial charge in [-0.15, -0.1) is 0 Å². The van der Waals surface area contributed by atoms with E-state index in [2.05, 4.69) is 35.9 Å². The lowest BCUT2D eigenvalue weighted by Gasteiger charge is -2.37. The monoisotopic (exact) mass is 464 g/mol. The minimum absolute atomic E-state index is 0.0483. The number of nitrogens with one attached hydrogen (secondary N) is 3. The highest BCUT2D eigenvalue weighted by atomic mass is 19.4. The summed E-state index contributed by atoms with van der Waals surface area (Å²) in [5.41, 5.74) is 0.349. The minimum Gasteiger partial charge on any atom is -0.367 e. The highest BCUT2D eigenvalue weighted by Crippen LogP contribution is 2.35. The van der Waals surface area contributed by atoms with Crippen LogP contribution in [-0.2, 0) is 11.0 Å². The lowest BCUT2D eigenvalue weighted by molar-refractivity contribution is -0.141. The minimum atomic E-state index is -4.50. The molecule has 0 bridgehead atoms. The molecule has 1 saturated carbocycles. The van der Waals surface area contributed by atoms with Gasteiger partial charge in [-0.3, -0.25) is 4.79 Å². The Morgan fingerprint density at radius 1 is 1.24 bits per heavy atom. The molecule has 9 nitrogen and oxygen atoms in total. The van der Waals surface area contributed by atoms with Gasteiger partial charge in [0.15, 0.2) is 5.82 Å². The van der Waals surface area contributed by atoms with Crippen LogP contribution in [0.2, 0.25) is 0 Å². The Kier molecular flexibility index (Phi) is 6.02. The normalized spacial score (nSPS) is 22.5. The molecule has 1 atom stereocenters. The van der Waals surface area contributed by atoms with Crippen LogP contribution in [0, 0.1) is 18.8 Å². The van der Waals surface area contributed by atoms with Crippen molar-refractivity contribution in [2.75, 3.05) is 34.4 Å². The van der Waals surface area contributed by atoms with Gasteiger partial charge in [0.2, 0.25) is 11.9 Å². The first-order chi connectivity index (χ1) is 15.5. The average Bonchev–Trinajstić information content (AvgIpc) is 2.70. The number of halogens is 3. The maximum Gasteiger partial charge on any atom is 0.433 e. The molecule has 3 heterocycles. The molecule has 1 aliphatic heterocycles. The molecule has 4 rings (SSSR count). The first-order valence-electron chi connectivity index (χ1n) is 10.8. The van der Waals surface area contributed by atoms with Crippen molar-refractivity contribution in [2.45, 2.75) is 51.9 Å². The van der Waals surface area contributed by atoms with Gasteiger partial charge < -0.3 is 20.9 Å². The first-order valence-corrected chi connectivity index (χ1v) is 10.8. The molecule has 3 N–H and O–H groups in total. The van der Waals surface area contributed by atoms with Gasteiger partial charge in [0.1, 0.15) is 29.6 Å². The van der Waals surface area contributed by atoms with E-state index in [-0.39, 0.29) is 29.7 Å². The maximum absolute atomic E-state index is 12.8. The van der Waals surface area contributed by atoms with Crippen LogP contribution in [0.15, 0.2) is 12.4 Å². The van der Waals surface area contributed by atoms with E-state index in [1.54, 1.807) is 0 Å². The van der Waals surface area contributed by atoms with Gasteiger partial charge in [-0.25, -0.2) is 15.0 Å². The summed E-state index contributed by atoms with van der Waals surface area (Å²) in [6.45, 7) is 6.45. The summed E-state index contributed by atoms with van der Waals surface area (Å²) in [6, 6.07) is 0.666. The zero-order chi connectivity index (χ0) is 23.9. The SMILES string of the molecule is Cc1nc(NC[C@H]2C[C@@H](Nc3cc(C(F)(F)F)ncn3)C2)nc2c1NC(=O)[C@H](C(C)C)N2C. The number of anilines is 4. The summed E-state index contributed by atoms with van der Waals surface area (Å²) in [5.74, 6) is 1.72. The van der Waals surface area contributed by atoms with Gasteiger partial charge in [-0.05, 0) is 31.6 Å². The number of hydrogen-bond donors (Lipinski definition) is 3. The largest absolute Gasteiger partial charge is 0.433 e. The lowest BCUT2D eigenvalue weighted by atomic mass is 9.80. The van der Waals surface area contributed by atoms with Gasteiger partial charge in [-0.1, -0.05) is 13.8 Å². The fourth-order valence-corrected chi connectivity index (χ4v) is 4.35. The van der Waals surface area contributed by atoms with Crippen LogP contribution >= 0.6 is 0 Å². The molecule has 12 heteroatoms. The molecule has 1 fully saturated rings. The maximum atomic E-state index is 12.8. The zero-order valence-corrected chi connectivity index (χ0v) is 18.9. The number of amides is 1. The Bertz CT molecular complexity index is 1040. The number of carbonyl (C=O) groups is 1. The zero-order valence-electron chi connectivity index (χ0n) is 18.9. The van der Waals surface area contributed by atoms with Crippen LogP contribution in [0.1, 0.15) is 38.1 Å². The van der Waals surface area contributed by atoms with Crippen molar-refractivity contribution in [1.82, 2.24) is 19.9 Å². The molecule has 178 valence electrons. The summed E-state index contributed by atoms with van der Waals surface area (Å²) in [5, 5.41) is 9.22. The Labute approximate surface area is 189 Å². The molecule has 0 spiro atoms. The third-order valence-corrected chi connectivity index (χ3v) is 6.06. The molecule has 0 unspecified atom stereocenters. The van der Waals surface area contributed by atoms with E-state index in [4.69, 9.17) is 0 Å². The van der Waals surface area contributed by atoms with Gasteiger partial charge in [0, 0.05) is 25.7 Å². The lowest BCUT2D eigenvalue weighted by Crippen LogP contribution is -2.49. The van der Waals surface area contributed by atoms with E-state index in [0.29, 0.717) is 35.6 Å². The number of hydrogen-bond acceptors (Lipinski definition) is 8. The number of aryl methyl sites for hydroxylation is 1. The van der Waals surface area contributed by atoms with E-state index < -0.39 is 11.9 Å². The second-order valence-electron chi connectivity index (χ2n) is 8.97. The summed E-state index contributed by atoms with van der Waals surface area (Å²) >= 11 is 0. The predicted molar refractivity (Wildman–Crippen MR) is 118 cm³/mol. The Morgan fingerprint density at radius 3 is 2.64 bits per heavy atom. The van der Waals surface area contributed by atoms with Crippen molar-refractivity contribution in [3.8, 4) is 0 Å². The van der Waals surface area contributed by atoms with Crippen molar-refractivity contribution < 1.29 is 18.0 Å². The summed E-state index contributed by atoms with van der Waals surface area (Å²) < 4.78 is 38.4. The fourth-order valence-electron chi connectivity index (χ4n) is 4.35. The smallest absolute Gasteiger partial charge is 0.367 e. The van der Waals surface area contributed by atoms with E-state index >= 15 is 0 Å². The summed E-state index contributed by atoms with van der Waals surface area (Å²) in [7, 11) is 1.86. The Hall–Kier alpha value is -3.18. The number of carbonyl (C=O) groups excluding carboxylic acids is 1. The molecule has 1 aliphatic carbocycles. The fraction of sp³-hybridized carbons (Fsp3) is 0.571. The summed E-state index contributed by atoms with van der Waals surface area (Å²) in [4.78, 5) is 30.6. The second kappa shape index (κ2) is 8.64. The number of fused-ring (bicyclic) bond motifs is 1. The molecule has 2 aromatic rings. The van der Waals surface area contributed by atoms with Crippen LogP contribution in [0.3, 0.4) is 0 Å². The highest BCUT2D eigenvalue weighted by molar-refractivity contribution is 6.03. The quantitative estimate of drug-likeness (QED) is 0.598. The summed E-state index contributed by atoms with van der Waals surface area (Å²) in [6.07, 6.45) is -2.01. The van der Waals surface area contributed by atoms with Crippen molar-refractivity contribution in [1.29, 1.82) is 0 Å². The predicted octanol–water partition coefficient (Wildman–Crippen LogP) is 3.31. The molecule has 2 aliphatic rings. The van der Waals surface area contributed by atoms with Crippen LogP contribution in [0.25, 0.3) is 0 Å². The van der Waals surface area contributed by atoms with Crippen molar-refractivity contribution >= 4 is 29.2 Å². The highest BCUT2D eigenvalue weighted by Gasteiger charge is 2.36. The van der Waals surface area contributed by atoms with Crippen LogP contribution < -0.4 is 20.9 Å². The first kappa shape index (κ1) is 23.0. The molecular formula is C21H27F3N8O. The van der Waals surface area contributed by atoms with Gasteiger partial charge in [0.05, 0.1) is 5.69 Å².